The first-order chi connectivity index (χ1) is 10.4. The lowest BCUT2D eigenvalue weighted by Gasteiger charge is -2.07. The summed E-state index contributed by atoms with van der Waals surface area (Å²) in [5.41, 5.74) is 0. The quantitative estimate of drug-likeness (QED) is 0.496. The molecule has 0 aliphatic carbocycles. The summed E-state index contributed by atoms with van der Waals surface area (Å²) in [6.07, 6.45) is -4.62. The lowest BCUT2D eigenvalue weighted by molar-refractivity contribution is -0.146. The number of methoxy groups -OCH3 is 1. The molecule has 0 unspecified atom stereocenters. The third-order valence-corrected chi connectivity index (χ3v) is 3.47. The van der Waals surface area contributed by atoms with Crippen molar-refractivity contribution in [3.63, 3.8) is 0 Å². The number of rotatable bonds is 6. The van der Waals surface area contributed by atoms with E-state index in [1.165, 1.54) is 0 Å². The minimum Gasteiger partial charge on any atom is -0.497 e. The summed E-state index contributed by atoms with van der Waals surface area (Å²) in [6.45, 7) is 0.283. The molecule has 0 amide bonds. The Balaban J connectivity index is 1.82. The lowest BCUT2D eigenvalue weighted by atomic mass is 10.3. The van der Waals surface area contributed by atoms with Gasteiger partial charge in [-0.05, 0) is 24.3 Å². The van der Waals surface area contributed by atoms with Crippen molar-refractivity contribution in [2.45, 2.75) is 11.3 Å². The van der Waals surface area contributed by atoms with Crippen LogP contribution >= 0.6 is 11.8 Å². The number of hydrogen-bond donors (Lipinski definition) is 1. The molecule has 0 radical (unpaired) electrons. The first kappa shape index (κ1) is 16.3. The fraction of sp³-hybridized carbons (Fsp3) is 0.333. The van der Waals surface area contributed by atoms with Crippen LogP contribution in [0.5, 0.6) is 11.5 Å². The van der Waals surface area contributed by atoms with Crippen molar-refractivity contribution in [3.05, 3.63) is 30.1 Å². The zero-order chi connectivity index (χ0) is 16.2. The number of benzene rings is 1. The van der Waals surface area contributed by atoms with Gasteiger partial charge in [-0.2, -0.15) is 13.2 Å². The fourth-order valence-corrected chi connectivity index (χ4v) is 2.21. The molecule has 0 aliphatic heterocycles. The van der Waals surface area contributed by atoms with E-state index in [-0.39, 0.29) is 11.8 Å². The normalized spacial score (nSPS) is 11.5. The van der Waals surface area contributed by atoms with Crippen molar-refractivity contribution < 1.29 is 22.6 Å². The van der Waals surface area contributed by atoms with Crippen molar-refractivity contribution in [2.75, 3.05) is 25.3 Å². The molecule has 1 aromatic carbocycles. The Morgan fingerprint density at radius 3 is 2.36 bits per heavy atom. The van der Waals surface area contributed by atoms with Crippen molar-refractivity contribution in [1.29, 1.82) is 0 Å². The molecule has 0 aliphatic rings. The third kappa shape index (κ3) is 3.97. The van der Waals surface area contributed by atoms with E-state index in [0.29, 0.717) is 21.9 Å². The molecule has 2 N–H and O–H groups in total. The number of nitrogens with zero attached hydrogens (tertiary/aromatic N) is 3. The van der Waals surface area contributed by atoms with Gasteiger partial charge in [-0.25, -0.2) is 4.68 Å². The number of aromatic nitrogens is 3. The minimum atomic E-state index is -4.62. The molecular weight excluding hydrogens is 321 g/mol. The highest BCUT2D eigenvalue weighted by Gasteiger charge is 2.38. The molecule has 0 fully saturated rings. The highest BCUT2D eigenvalue weighted by Crippen LogP contribution is 2.28. The number of nitrogen functional groups attached to an aromatic ring is 1. The van der Waals surface area contributed by atoms with Gasteiger partial charge in [-0.1, -0.05) is 11.8 Å². The van der Waals surface area contributed by atoms with Crippen LogP contribution in [0.25, 0.3) is 0 Å². The SMILES string of the molecule is COc1ccc(OCCSc2nnc(C(F)(F)F)n2N)cc1. The maximum atomic E-state index is 12.5. The molecule has 0 spiro atoms. The predicted octanol–water partition coefficient (Wildman–Crippen LogP) is 2.19. The zero-order valence-corrected chi connectivity index (χ0v) is 12.3. The monoisotopic (exact) mass is 334 g/mol. The summed E-state index contributed by atoms with van der Waals surface area (Å²) < 4.78 is 48.3. The van der Waals surface area contributed by atoms with E-state index in [4.69, 9.17) is 15.3 Å². The Labute approximate surface area is 128 Å². The third-order valence-electron chi connectivity index (χ3n) is 2.56. The van der Waals surface area contributed by atoms with E-state index in [0.717, 1.165) is 11.8 Å². The number of nitrogens with two attached hydrogens (primary N) is 1. The van der Waals surface area contributed by atoms with E-state index < -0.39 is 12.0 Å². The highest BCUT2D eigenvalue weighted by atomic mass is 32.2. The van der Waals surface area contributed by atoms with Crippen molar-refractivity contribution in [2.24, 2.45) is 0 Å². The van der Waals surface area contributed by atoms with Gasteiger partial charge < -0.3 is 15.3 Å². The Kier molecular flexibility index (Phi) is 5.01. The number of thioether (sulfide) groups is 1. The molecule has 22 heavy (non-hydrogen) atoms. The molecule has 10 heteroatoms. The summed E-state index contributed by atoms with van der Waals surface area (Å²) >= 11 is 1.03. The largest absolute Gasteiger partial charge is 0.497 e. The predicted molar refractivity (Wildman–Crippen MR) is 74.4 cm³/mol. The van der Waals surface area contributed by atoms with Crippen molar-refractivity contribution in [1.82, 2.24) is 14.9 Å². The second kappa shape index (κ2) is 6.77. The van der Waals surface area contributed by atoms with Crippen LogP contribution in [0.1, 0.15) is 5.82 Å². The van der Waals surface area contributed by atoms with Gasteiger partial charge in [0.1, 0.15) is 11.5 Å². The second-order valence-electron chi connectivity index (χ2n) is 4.05. The molecule has 6 nitrogen and oxygen atoms in total. The van der Waals surface area contributed by atoms with E-state index >= 15 is 0 Å². The number of alkyl halides is 3. The Hall–Kier alpha value is -2.10. The smallest absolute Gasteiger partial charge is 0.453 e. The maximum Gasteiger partial charge on any atom is 0.453 e. The fourth-order valence-electron chi connectivity index (χ4n) is 1.53. The Morgan fingerprint density at radius 2 is 1.82 bits per heavy atom. The van der Waals surface area contributed by atoms with Gasteiger partial charge >= 0.3 is 6.18 Å². The molecule has 2 rings (SSSR count). The molecule has 0 saturated heterocycles. The summed E-state index contributed by atoms with van der Waals surface area (Å²) in [7, 11) is 1.56. The number of ether oxygens (including phenoxy) is 2. The Bertz CT molecular complexity index is 616. The van der Waals surface area contributed by atoms with E-state index in [1.54, 1.807) is 31.4 Å². The molecule has 0 atom stereocenters. The van der Waals surface area contributed by atoms with E-state index in [2.05, 4.69) is 10.2 Å². The summed E-state index contributed by atoms with van der Waals surface area (Å²) in [4.78, 5) is 0. The topological polar surface area (TPSA) is 75.2 Å². The summed E-state index contributed by atoms with van der Waals surface area (Å²) in [5.74, 6) is 5.79. The van der Waals surface area contributed by atoms with E-state index in [9.17, 15) is 13.2 Å². The number of halogens is 3. The van der Waals surface area contributed by atoms with Crippen molar-refractivity contribution in [3.8, 4) is 11.5 Å². The maximum absolute atomic E-state index is 12.5. The standard InChI is InChI=1S/C12H13F3N4O2S/c1-20-8-2-4-9(5-3-8)21-6-7-22-11-18-17-10(19(11)16)12(13,14)15/h2-5H,6-7,16H2,1H3. The highest BCUT2D eigenvalue weighted by molar-refractivity contribution is 7.99. The van der Waals surface area contributed by atoms with Crippen LogP contribution in [0.4, 0.5) is 13.2 Å². The van der Waals surface area contributed by atoms with Gasteiger partial charge in [0.15, 0.2) is 0 Å². The first-order valence-electron chi connectivity index (χ1n) is 6.09. The zero-order valence-electron chi connectivity index (χ0n) is 11.5. The molecule has 0 saturated carbocycles. The lowest BCUT2D eigenvalue weighted by Crippen LogP contribution is -2.21. The average molecular weight is 334 g/mol. The Morgan fingerprint density at radius 1 is 1.18 bits per heavy atom. The second-order valence-corrected chi connectivity index (χ2v) is 5.11. The average Bonchev–Trinajstić information content (AvgIpc) is 2.85. The van der Waals surface area contributed by atoms with Crippen LogP contribution in [0.3, 0.4) is 0 Å². The number of hydrogen-bond acceptors (Lipinski definition) is 6. The van der Waals surface area contributed by atoms with E-state index in [1.807, 2.05) is 0 Å². The van der Waals surface area contributed by atoms with Crippen LogP contribution in [0.2, 0.25) is 0 Å². The molecule has 120 valence electrons. The minimum absolute atomic E-state index is 0.0225. The van der Waals surface area contributed by atoms with Gasteiger partial charge in [0.05, 0.1) is 13.7 Å². The van der Waals surface area contributed by atoms with Crippen LogP contribution in [-0.4, -0.2) is 34.3 Å². The van der Waals surface area contributed by atoms with Crippen LogP contribution in [0, 0.1) is 0 Å². The van der Waals surface area contributed by atoms with Crippen LogP contribution in [0.15, 0.2) is 29.4 Å². The van der Waals surface area contributed by atoms with Crippen molar-refractivity contribution >= 4 is 11.8 Å². The molecule has 0 bridgehead atoms. The summed E-state index contributed by atoms with van der Waals surface area (Å²) in [5, 5.41) is 6.42. The van der Waals surface area contributed by atoms with Crippen LogP contribution < -0.4 is 15.3 Å². The van der Waals surface area contributed by atoms with Gasteiger partial charge in [-0.3, -0.25) is 0 Å². The van der Waals surface area contributed by atoms with Gasteiger partial charge in [0.2, 0.25) is 5.16 Å². The first-order valence-corrected chi connectivity index (χ1v) is 7.07. The van der Waals surface area contributed by atoms with Gasteiger partial charge in [0, 0.05) is 5.75 Å². The van der Waals surface area contributed by atoms with Gasteiger partial charge in [0.25, 0.3) is 5.82 Å². The molecule has 1 aromatic heterocycles. The molecule has 2 aromatic rings. The summed E-state index contributed by atoms with van der Waals surface area (Å²) in [6, 6.07) is 6.95. The van der Waals surface area contributed by atoms with Gasteiger partial charge in [-0.15, -0.1) is 10.2 Å². The van der Waals surface area contributed by atoms with Crippen LogP contribution in [-0.2, 0) is 6.18 Å². The molecular formula is C12H13F3N4O2S. The molecule has 1 heterocycles.